The first-order chi connectivity index (χ1) is 7.38. The Morgan fingerprint density at radius 2 is 2.33 bits per heavy atom. The molecule has 0 atom stereocenters. The van der Waals surface area contributed by atoms with Gasteiger partial charge in [-0.1, -0.05) is 12.1 Å². The van der Waals surface area contributed by atoms with Crippen LogP contribution in [0.5, 0.6) is 0 Å². The number of rotatable bonds is 4. The van der Waals surface area contributed by atoms with Crippen molar-refractivity contribution in [3.8, 4) is 0 Å². The van der Waals surface area contributed by atoms with Crippen molar-refractivity contribution >= 4 is 11.9 Å². The number of hydrogen-bond acceptors (Lipinski definition) is 3. The molecule has 0 fully saturated rings. The lowest BCUT2D eigenvalue weighted by Crippen LogP contribution is -1.97. The maximum atomic E-state index is 7.08. The molecule has 0 aromatic carbocycles. The molecule has 0 aliphatic carbocycles. The van der Waals surface area contributed by atoms with Crippen molar-refractivity contribution in [2.24, 2.45) is 4.99 Å². The molecule has 15 heavy (non-hydrogen) atoms. The summed E-state index contributed by atoms with van der Waals surface area (Å²) < 4.78 is 0. The summed E-state index contributed by atoms with van der Waals surface area (Å²) in [6, 6.07) is 4.03. The Hall–Kier alpha value is -1.77. The van der Waals surface area contributed by atoms with Crippen LogP contribution in [0.1, 0.15) is 18.4 Å². The summed E-state index contributed by atoms with van der Waals surface area (Å²) >= 11 is 0. The van der Waals surface area contributed by atoms with Gasteiger partial charge in [-0.3, -0.25) is 9.98 Å². The Kier molecular flexibility index (Phi) is 3.02. The van der Waals surface area contributed by atoms with Gasteiger partial charge in [0.2, 0.25) is 0 Å². The molecule has 0 spiro atoms. The molecule has 2 rings (SSSR count). The van der Waals surface area contributed by atoms with E-state index in [0.717, 1.165) is 30.7 Å². The van der Waals surface area contributed by atoms with Crippen molar-refractivity contribution in [3.05, 3.63) is 41.9 Å². The molecule has 0 unspecified atom stereocenters. The minimum absolute atomic E-state index is 0.788. The molecule has 1 aliphatic rings. The number of aromatic nitrogens is 1. The van der Waals surface area contributed by atoms with Crippen LogP contribution < -0.4 is 0 Å². The molecule has 1 aromatic rings. The number of nitrogens with zero attached hydrogens (tertiary/aromatic N) is 2. The predicted octanol–water partition coefficient (Wildman–Crippen LogP) is 2.39. The van der Waals surface area contributed by atoms with E-state index in [1.807, 2.05) is 18.3 Å². The lowest BCUT2D eigenvalue weighted by atomic mass is 10.1. The first-order valence-electron chi connectivity index (χ1n) is 5.04. The van der Waals surface area contributed by atoms with Gasteiger partial charge in [-0.05, 0) is 24.5 Å². The Morgan fingerprint density at radius 3 is 3.00 bits per heavy atom. The standard InChI is InChI=1S/C12H13N3/c13-8-12-6-5-11(15-12)4-3-10-2-1-7-14-9-10/h1-2,6-9,13H,3-5H2. The van der Waals surface area contributed by atoms with Gasteiger partial charge in [-0.15, -0.1) is 0 Å². The second-order valence-corrected chi connectivity index (χ2v) is 3.52. The molecule has 0 amide bonds. The normalized spacial score (nSPS) is 14.7. The maximum absolute atomic E-state index is 7.08. The zero-order valence-electron chi connectivity index (χ0n) is 8.48. The van der Waals surface area contributed by atoms with E-state index in [0.29, 0.717) is 0 Å². The van der Waals surface area contributed by atoms with Gasteiger partial charge in [-0.2, -0.15) is 0 Å². The summed E-state index contributed by atoms with van der Waals surface area (Å²) in [5, 5.41) is 7.08. The predicted molar refractivity (Wildman–Crippen MR) is 61.5 cm³/mol. The zero-order valence-corrected chi connectivity index (χ0v) is 8.48. The van der Waals surface area contributed by atoms with Gasteiger partial charge < -0.3 is 5.41 Å². The topological polar surface area (TPSA) is 49.1 Å². The van der Waals surface area contributed by atoms with E-state index in [4.69, 9.17) is 5.41 Å². The first kappa shape index (κ1) is 9.77. The van der Waals surface area contributed by atoms with E-state index >= 15 is 0 Å². The van der Waals surface area contributed by atoms with Gasteiger partial charge in [0.05, 0.1) is 5.70 Å². The molecule has 0 radical (unpaired) electrons. The number of hydrogen-bond donors (Lipinski definition) is 1. The van der Waals surface area contributed by atoms with Crippen LogP contribution in [0.4, 0.5) is 0 Å². The largest absolute Gasteiger partial charge is 0.307 e. The fourth-order valence-corrected chi connectivity index (χ4v) is 1.58. The second kappa shape index (κ2) is 4.64. The van der Waals surface area contributed by atoms with E-state index in [-0.39, 0.29) is 0 Å². The van der Waals surface area contributed by atoms with E-state index in [1.54, 1.807) is 6.20 Å². The van der Waals surface area contributed by atoms with Crippen molar-refractivity contribution in [1.29, 1.82) is 5.41 Å². The van der Waals surface area contributed by atoms with Gasteiger partial charge in [0.25, 0.3) is 0 Å². The van der Waals surface area contributed by atoms with Gasteiger partial charge in [0.15, 0.2) is 0 Å². The number of nitrogens with one attached hydrogen (secondary N) is 1. The number of allylic oxidation sites excluding steroid dienone is 2. The Morgan fingerprint density at radius 1 is 1.40 bits per heavy atom. The molecule has 0 saturated heterocycles. The van der Waals surface area contributed by atoms with Crippen LogP contribution in [-0.2, 0) is 6.42 Å². The fourth-order valence-electron chi connectivity index (χ4n) is 1.58. The molecule has 3 heteroatoms. The summed E-state index contributed by atoms with van der Waals surface area (Å²) in [5.74, 6) is 0. The van der Waals surface area contributed by atoms with E-state index < -0.39 is 0 Å². The van der Waals surface area contributed by atoms with Crippen molar-refractivity contribution < 1.29 is 0 Å². The molecule has 1 aliphatic heterocycles. The Balaban J connectivity index is 1.88. The van der Waals surface area contributed by atoms with Crippen LogP contribution in [0.2, 0.25) is 0 Å². The highest BCUT2D eigenvalue weighted by Crippen LogP contribution is 2.12. The van der Waals surface area contributed by atoms with Crippen LogP contribution in [-0.4, -0.2) is 16.9 Å². The molecule has 76 valence electrons. The molecule has 3 nitrogen and oxygen atoms in total. The lowest BCUT2D eigenvalue weighted by molar-refractivity contribution is 1.01. The molecule has 0 saturated carbocycles. The number of aliphatic imine (C=N–C) groups is 1. The van der Waals surface area contributed by atoms with E-state index in [9.17, 15) is 0 Å². The highest BCUT2D eigenvalue weighted by atomic mass is 14.8. The summed E-state index contributed by atoms with van der Waals surface area (Å²) in [6.45, 7) is 0. The minimum Gasteiger partial charge on any atom is -0.307 e. The van der Waals surface area contributed by atoms with Gasteiger partial charge in [-0.25, -0.2) is 0 Å². The minimum atomic E-state index is 0.788. The maximum Gasteiger partial charge on any atom is 0.0768 e. The molecule has 1 aromatic heterocycles. The quantitative estimate of drug-likeness (QED) is 0.744. The number of aryl methyl sites for hydroxylation is 1. The Bertz CT molecular complexity index is 404. The first-order valence-corrected chi connectivity index (χ1v) is 5.04. The van der Waals surface area contributed by atoms with Crippen LogP contribution in [0, 0.1) is 5.41 Å². The third kappa shape index (κ3) is 2.59. The summed E-state index contributed by atoms with van der Waals surface area (Å²) in [4.78, 5) is 8.41. The fraction of sp³-hybridized carbons (Fsp3) is 0.250. The van der Waals surface area contributed by atoms with Crippen LogP contribution in [0.3, 0.4) is 0 Å². The van der Waals surface area contributed by atoms with Gasteiger partial charge in [0, 0.05) is 30.7 Å². The Labute approximate surface area is 89.1 Å². The zero-order chi connectivity index (χ0) is 10.5. The van der Waals surface area contributed by atoms with Gasteiger partial charge >= 0.3 is 0 Å². The van der Waals surface area contributed by atoms with Gasteiger partial charge in [0.1, 0.15) is 0 Å². The van der Waals surface area contributed by atoms with E-state index in [2.05, 4.69) is 16.0 Å². The average Bonchev–Trinajstić information content (AvgIpc) is 2.76. The number of pyridine rings is 1. The summed E-state index contributed by atoms with van der Waals surface area (Å²) in [7, 11) is 0. The lowest BCUT2D eigenvalue weighted by Gasteiger charge is -1.99. The molecular formula is C12H13N3. The van der Waals surface area contributed by atoms with Crippen LogP contribution >= 0.6 is 0 Å². The summed E-state index contributed by atoms with van der Waals surface area (Å²) in [6.07, 6.45) is 9.80. The average molecular weight is 199 g/mol. The van der Waals surface area contributed by atoms with E-state index in [1.165, 1.54) is 11.8 Å². The summed E-state index contributed by atoms with van der Waals surface area (Å²) in [5.41, 5.74) is 3.19. The smallest absolute Gasteiger partial charge is 0.0768 e. The third-order valence-corrected chi connectivity index (χ3v) is 2.41. The van der Waals surface area contributed by atoms with Crippen molar-refractivity contribution in [2.75, 3.05) is 0 Å². The monoisotopic (exact) mass is 199 g/mol. The SMILES string of the molecule is N=CC1=CCC(CCc2cccnc2)=N1. The van der Waals surface area contributed by atoms with Crippen molar-refractivity contribution in [2.45, 2.75) is 19.3 Å². The molecule has 2 heterocycles. The highest BCUT2D eigenvalue weighted by molar-refractivity contribution is 5.94. The highest BCUT2D eigenvalue weighted by Gasteiger charge is 2.06. The van der Waals surface area contributed by atoms with Crippen molar-refractivity contribution in [3.63, 3.8) is 0 Å². The molecular weight excluding hydrogens is 186 g/mol. The molecule has 0 bridgehead atoms. The van der Waals surface area contributed by atoms with Crippen LogP contribution in [0.25, 0.3) is 0 Å². The van der Waals surface area contributed by atoms with Crippen LogP contribution in [0.15, 0.2) is 41.3 Å². The molecule has 1 N–H and O–H groups in total. The van der Waals surface area contributed by atoms with Crippen molar-refractivity contribution in [1.82, 2.24) is 4.98 Å². The second-order valence-electron chi connectivity index (χ2n) is 3.52. The third-order valence-electron chi connectivity index (χ3n) is 2.41.